The number of hydrogen-bond donors (Lipinski definition) is 1. The molecule has 4 nitrogen and oxygen atoms in total. The monoisotopic (exact) mass is 447 g/mol. The van der Waals surface area contributed by atoms with Gasteiger partial charge in [-0.25, -0.2) is 9.07 Å². The van der Waals surface area contributed by atoms with Gasteiger partial charge in [-0.15, -0.1) is 0 Å². The van der Waals surface area contributed by atoms with Crippen LogP contribution in [0.25, 0.3) is 0 Å². The van der Waals surface area contributed by atoms with E-state index in [-0.39, 0.29) is 24.3 Å². The van der Waals surface area contributed by atoms with Crippen molar-refractivity contribution in [2.75, 3.05) is 0 Å². The number of halogens is 2. The molecule has 32 heavy (non-hydrogen) atoms. The Hall–Kier alpha value is -3.28. The normalized spacial score (nSPS) is 12.0. The van der Waals surface area contributed by atoms with Gasteiger partial charge >= 0.3 is 0 Å². The van der Waals surface area contributed by atoms with E-state index in [1.165, 1.54) is 10.7 Å². The van der Waals surface area contributed by atoms with E-state index in [2.05, 4.69) is 5.10 Å². The summed E-state index contributed by atoms with van der Waals surface area (Å²) < 4.78 is 15.6. The van der Waals surface area contributed by atoms with Gasteiger partial charge in [0.15, 0.2) is 0 Å². The van der Waals surface area contributed by atoms with Crippen molar-refractivity contribution in [2.45, 2.75) is 25.4 Å². The lowest BCUT2D eigenvalue weighted by molar-refractivity contribution is 0.493. The summed E-state index contributed by atoms with van der Waals surface area (Å²) in [6.45, 7) is 0.212. The Morgan fingerprint density at radius 2 is 1.53 bits per heavy atom. The molecule has 4 rings (SSSR count). The van der Waals surface area contributed by atoms with Gasteiger partial charge in [-0.1, -0.05) is 78.3 Å². The number of nitrogens with zero attached hydrogens (tertiary/aromatic N) is 2. The summed E-state index contributed by atoms with van der Waals surface area (Å²) in [5.74, 6) is -0.305. The van der Waals surface area contributed by atoms with Crippen LogP contribution in [0, 0.1) is 5.82 Å². The molecule has 1 atom stereocenters. The third kappa shape index (κ3) is 5.13. The first kappa shape index (κ1) is 21.9. The molecule has 162 valence electrons. The number of benzene rings is 3. The van der Waals surface area contributed by atoms with E-state index in [0.29, 0.717) is 28.3 Å². The van der Waals surface area contributed by atoms with Gasteiger partial charge in [-0.05, 0) is 34.9 Å². The average Bonchev–Trinajstić information content (AvgIpc) is 2.80. The van der Waals surface area contributed by atoms with Crippen LogP contribution in [0.15, 0.2) is 89.7 Å². The van der Waals surface area contributed by atoms with Crippen molar-refractivity contribution in [1.82, 2.24) is 9.78 Å². The predicted molar refractivity (Wildman–Crippen MR) is 125 cm³/mol. The highest BCUT2D eigenvalue weighted by Crippen LogP contribution is 2.19. The second-order valence-corrected chi connectivity index (χ2v) is 8.11. The maximum absolute atomic E-state index is 14.3. The summed E-state index contributed by atoms with van der Waals surface area (Å²) >= 11 is 6.33. The molecule has 0 spiro atoms. The lowest BCUT2D eigenvalue weighted by Gasteiger charge is -2.16. The molecular formula is C26H23ClFN3O. The molecule has 0 saturated heterocycles. The van der Waals surface area contributed by atoms with Crippen molar-refractivity contribution >= 4 is 11.6 Å². The summed E-state index contributed by atoms with van der Waals surface area (Å²) in [6.07, 6.45) is 0.620. The molecule has 3 aromatic carbocycles. The molecule has 0 aliphatic rings. The average molecular weight is 448 g/mol. The molecule has 0 fully saturated rings. The Bertz CT molecular complexity index is 1270. The van der Waals surface area contributed by atoms with Crippen molar-refractivity contribution in [3.63, 3.8) is 0 Å². The van der Waals surface area contributed by atoms with Gasteiger partial charge in [0.2, 0.25) is 0 Å². The quantitative estimate of drug-likeness (QED) is 0.437. The van der Waals surface area contributed by atoms with Crippen LogP contribution < -0.4 is 11.3 Å². The minimum absolute atomic E-state index is 0.212. The molecular weight excluding hydrogens is 425 g/mol. The number of hydrogen-bond acceptors (Lipinski definition) is 3. The molecule has 1 heterocycles. The zero-order chi connectivity index (χ0) is 22.5. The molecule has 0 aliphatic heterocycles. The third-order valence-electron chi connectivity index (χ3n) is 5.36. The van der Waals surface area contributed by atoms with E-state index in [1.54, 1.807) is 30.3 Å². The Balaban J connectivity index is 1.73. The van der Waals surface area contributed by atoms with Gasteiger partial charge in [-0.2, -0.15) is 5.10 Å². The summed E-state index contributed by atoms with van der Waals surface area (Å²) in [5.41, 5.74) is 9.54. The second kappa shape index (κ2) is 9.90. The summed E-state index contributed by atoms with van der Waals surface area (Å²) in [5, 5.41) is 5.11. The zero-order valence-electron chi connectivity index (χ0n) is 17.4. The molecule has 2 N–H and O–H groups in total. The maximum atomic E-state index is 14.3. The van der Waals surface area contributed by atoms with Crippen molar-refractivity contribution in [2.24, 2.45) is 5.73 Å². The molecule has 0 radical (unpaired) electrons. The van der Waals surface area contributed by atoms with Crippen LogP contribution in [-0.2, 0) is 19.4 Å². The van der Waals surface area contributed by atoms with Crippen molar-refractivity contribution in [3.8, 4) is 0 Å². The Kier molecular flexibility index (Phi) is 6.78. The van der Waals surface area contributed by atoms with Gasteiger partial charge in [0.25, 0.3) is 5.56 Å². The van der Waals surface area contributed by atoms with E-state index in [0.717, 1.165) is 11.1 Å². The molecule has 0 bridgehead atoms. The fourth-order valence-corrected chi connectivity index (χ4v) is 3.87. The van der Waals surface area contributed by atoms with Crippen molar-refractivity contribution in [1.29, 1.82) is 0 Å². The van der Waals surface area contributed by atoms with Crippen molar-refractivity contribution in [3.05, 3.63) is 134 Å². The molecule has 1 unspecified atom stereocenters. The van der Waals surface area contributed by atoms with Crippen LogP contribution in [0.2, 0.25) is 5.02 Å². The molecule has 0 saturated carbocycles. The third-order valence-corrected chi connectivity index (χ3v) is 5.73. The first-order valence-corrected chi connectivity index (χ1v) is 10.8. The van der Waals surface area contributed by atoms with Crippen LogP contribution >= 0.6 is 11.6 Å². The molecule has 6 heteroatoms. The van der Waals surface area contributed by atoms with E-state index in [1.807, 2.05) is 48.5 Å². The Morgan fingerprint density at radius 3 is 2.25 bits per heavy atom. The van der Waals surface area contributed by atoms with E-state index in [4.69, 9.17) is 17.3 Å². The minimum Gasteiger partial charge on any atom is -0.322 e. The smallest absolute Gasteiger partial charge is 0.270 e. The molecule has 0 aliphatic carbocycles. The molecule has 4 aromatic rings. The van der Waals surface area contributed by atoms with E-state index < -0.39 is 6.04 Å². The largest absolute Gasteiger partial charge is 0.322 e. The van der Waals surface area contributed by atoms with Crippen LogP contribution in [0.4, 0.5) is 4.39 Å². The topological polar surface area (TPSA) is 60.9 Å². The first-order chi connectivity index (χ1) is 15.5. The predicted octanol–water partition coefficient (Wildman–Crippen LogP) is 4.92. The van der Waals surface area contributed by atoms with Gasteiger partial charge in [0.1, 0.15) is 5.82 Å². The lowest BCUT2D eigenvalue weighted by atomic mass is 10.0. The second-order valence-electron chi connectivity index (χ2n) is 7.70. The zero-order valence-corrected chi connectivity index (χ0v) is 18.2. The van der Waals surface area contributed by atoms with Gasteiger partial charge in [0.05, 0.1) is 12.2 Å². The number of aromatic nitrogens is 2. The van der Waals surface area contributed by atoms with Crippen LogP contribution in [0.3, 0.4) is 0 Å². The van der Waals surface area contributed by atoms with Crippen LogP contribution in [0.5, 0.6) is 0 Å². The van der Waals surface area contributed by atoms with Gasteiger partial charge in [-0.3, -0.25) is 4.79 Å². The van der Waals surface area contributed by atoms with Crippen molar-refractivity contribution < 1.29 is 4.39 Å². The highest BCUT2D eigenvalue weighted by Gasteiger charge is 2.15. The highest BCUT2D eigenvalue weighted by molar-refractivity contribution is 6.31. The summed E-state index contributed by atoms with van der Waals surface area (Å²) in [6, 6.07) is 24.9. The van der Waals surface area contributed by atoms with Gasteiger partial charge < -0.3 is 5.73 Å². The summed E-state index contributed by atoms with van der Waals surface area (Å²) in [7, 11) is 0. The first-order valence-electron chi connectivity index (χ1n) is 10.4. The van der Waals surface area contributed by atoms with Gasteiger partial charge in [0, 0.05) is 29.5 Å². The lowest BCUT2D eigenvalue weighted by Crippen LogP contribution is -2.32. The molecule has 0 amide bonds. The van der Waals surface area contributed by atoms with Crippen LogP contribution in [0.1, 0.15) is 34.0 Å². The minimum atomic E-state index is -0.404. The maximum Gasteiger partial charge on any atom is 0.270 e. The SMILES string of the molecule is NC(Cn1nc(Cc2ccccc2F)cc(Cc2ccccc2Cl)c1=O)c1ccccc1. The number of nitrogens with two attached hydrogens (primary N) is 1. The van der Waals surface area contributed by atoms with E-state index >= 15 is 0 Å². The Morgan fingerprint density at radius 1 is 0.875 bits per heavy atom. The fraction of sp³-hybridized carbons (Fsp3) is 0.154. The van der Waals surface area contributed by atoms with Crippen LogP contribution in [-0.4, -0.2) is 9.78 Å². The fourth-order valence-electron chi connectivity index (χ4n) is 3.67. The number of rotatable bonds is 7. The Labute approximate surface area is 191 Å². The molecule has 1 aromatic heterocycles. The summed E-state index contributed by atoms with van der Waals surface area (Å²) in [4.78, 5) is 13.3. The highest BCUT2D eigenvalue weighted by atomic mass is 35.5. The van der Waals surface area contributed by atoms with E-state index in [9.17, 15) is 9.18 Å². The standard InChI is InChI=1S/C26H23ClFN3O/c27-23-12-6-4-10-19(23)14-21-16-22(15-20-11-5-7-13-24(20)28)30-31(26(21)32)17-25(29)18-8-2-1-3-9-18/h1-13,16,25H,14-15,17,29H2.